The van der Waals surface area contributed by atoms with Crippen molar-refractivity contribution in [2.24, 2.45) is 0 Å². The van der Waals surface area contributed by atoms with Crippen LogP contribution in [0.25, 0.3) is 0 Å². The molecule has 1 aromatic rings. The quantitative estimate of drug-likeness (QED) is 0.613. The molecule has 0 N–H and O–H groups in total. The van der Waals surface area contributed by atoms with Crippen molar-refractivity contribution in [1.29, 1.82) is 0 Å². The molecule has 4 nitrogen and oxygen atoms in total. The van der Waals surface area contributed by atoms with E-state index in [1.54, 1.807) is 4.90 Å². The van der Waals surface area contributed by atoms with Gasteiger partial charge in [0, 0.05) is 24.9 Å². The van der Waals surface area contributed by atoms with E-state index in [2.05, 4.69) is 9.36 Å². The summed E-state index contributed by atoms with van der Waals surface area (Å²) in [5, 5.41) is 1.39. The Morgan fingerprint density at radius 2 is 1.94 bits per heavy atom. The van der Waals surface area contributed by atoms with Crippen LogP contribution in [0.3, 0.4) is 0 Å². The minimum absolute atomic E-state index is 0.0241. The van der Waals surface area contributed by atoms with Gasteiger partial charge in [-0.1, -0.05) is 24.3 Å². The zero-order chi connectivity index (χ0) is 13.4. The largest absolute Gasteiger partial charge is 0.326 e. The number of thioether (sulfide) groups is 1. The molecule has 0 aliphatic carbocycles. The topological polar surface area (TPSA) is 46.1 Å². The first kappa shape index (κ1) is 14.9. The number of carbonyl (C=O) groups excluding carboxylic acids is 1. The Morgan fingerprint density at radius 3 is 2.39 bits per heavy atom. The van der Waals surface area contributed by atoms with Crippen LogP contribution in [0.2, 0.25) is 0 Å². The molecule has 0 fully saturated rings. The Labute approximate surface area is 116 Å². The number of allylic oxidation sites excluding steroid dienone is 2. The van der Waals surface area contributed by atoms with E-state index in [4.69, 9.17) is 0 Å². The van der Waals surface area contributed by atoms with E-state index < -0.39 is 0 Å². The van der Waals surface area contributed by atoms with E-state index in [1.165, 1.54) is 11.5 Å². The number of carbonyl (C=O) groups is 1. The van der Waals surface area contributed by atoms with Gasteiger partial charge in [0.1, 0.15) is 5.01 Å². The lowest BCUT2D eigenvalue weighted by Crippen LogP contribution is -2.28. The maximum atomic E-state index is 12.1. The average molecular weight is 283 g/mol. The van der Waals surface area contributed by atoms with Crippen LogP contribution in [0.15, 0.2) is 29.5 Å². The summed E-state index contributed by atoms with van der Waals surface area (Å²) in [6.07, 6.45) is 7.79. The number of aryl methyl sites for hydroxylation is 1. The van der Waals surface area contributed by atoms with Gasteiger partial charge in [-0.3, -0.25) is 4.79 Å². The molecule has 98 valence electrons. The van der Waals surface area contributed by atoms with Crippen LogP contribution in [0.4, 0.5) is 4.79 Å². The van der Waals surface area contributed by atoms with Crippen molar-refractivity contribution in [3.63, 3.8) is 0 Å². The lowest BCUT2D eigenvalue weighted by atomic mass is 10.4. The third kappa shape index (κ3) is 5.01. The minimum Gasteiger partial charge on any atom is -0.326 e. The second kappa shape index (κ2) is 8.05. The smallest absolute Gasteiger partial charge is 0.290 e. The van der Waals surface area contributed by atoms with Crippen molar-refractivity contribution < 1.29 is 4.79 Å². The lowest BCUT2D eigenvalue weighted by Gasteiger charge is -2.17. The van der Waals surface area contributed by atoms with Crippen molar-refractivity contribution in [3.8, 4) is 0 Å². The fourth-order valence-electron chi connectivity index (χ4n) is 1.15. The first-order valence-electron chi connectivity index (χ1n) is 5.66. The van der Waals surface area contributed by atoms with Gasteiger partial charge in [-0.2, -0.15) is 4.37 Å². The molecule has 6 heteroatoms. The highest BCUT2D eigenvalue weighted by atomic mass is 32.2. The van der Waals surface area contributed by atoms with Crippen molar-refractivity contribution >= 4 is 28.5 Å². The predicted molar refractivity (Wildman–Crippen MR) is 77.1 cm³/mol. The summed E-state index contributed by atoms with van der Waals surface area (Å²) < 4.78 is 4.11. The second-order valence-corrected chi connectivity index (χ2v) is 5.38. The summed E-state index contributed by atoms with van der Waals surface area (Å²) in [5.41, 5.74) is 0. The SMILES string of the molecule is C/C=C\CN(C/C=C/C)C(=O)Sc1nsc(C)n1. The summed E-state index contributed by atoms with van der Waals surface area (Å²) in [6, 6.07) is 0. The third-order valence-corrected chi connectivity index (χ3v) is 3.60. The summed E-state index contributed by atoms with van der Waals surface area (Å²) in [7, 11) is 0. The van der Waals surface area contributed by atoms with Gasteiger partial charge in [-0.25, -0.2) is 4.98 Å². The van der Waals surface area contributed by atoms with E-state index in [9.17, 15) is 4.79 Å². The summed E-state index contributed by atoms with van der Waals surface area (Å²) in [4.78, 5) is 18.0. The molecule has 1 aromatic heterocycles. The molecule has 1 heterocycles. The molecule has 0 radical (unpaired) electrons. The second-order valence-electron chi connectivity index (χ2n) is 3.51. The van der Waals surface area contributed by atoms with Crippen LogP contribution >= 0.6 is 23.3 Å². The van der Waals surface area contributed by atoms with Crippen molar-refractivity contribution in [3.05, 3.63) is 29.3 Å². The van der Waals surface area contributed by atoms with Gasteiger partial charge in [-0.15, -0.1) is 0 Å². The van der Waals surface area contributed by atoms with E-state index in [0.29, 0.717) is 18.2 Å². The fourth-order valence-corrected chi connectivity index (χ4v) is 2.47. The standard InChI is InChI=1S/C12H17N3OS2/c1-4-6-8-15(9-7-5-2)12(16)17-11-13-10(3)18-14-11/h4-7H,8-9H2,1-3H3/b6-4-,7-5+. The Kier molecular flexibility index (Phi) is 6.67. The predicted octanol–water partition coefficient (Wildman–Crippen LogP) is 3.51. The number of rotatable bonds is 5. The molecule has 1 amide bonds. The Morgan fingerprint density at radius 1 is 1.33 bits per heavy atom. The minimum atomic E-state index is -0.0241. The highest BCUT2D eigenvalue weighted by Crippen LogP contribution is 2.19. The van der Waals surface area contributed by atoms with Crippen LogP contribution in [0.5, 0.6) is 0 Å². The molecule has 0 atom stereocenters. The Bertz CT molecular complexity index is 426. The monoisotopic (exact) mass is 283 g/mol. The first-order chi connectivity index (χ1) is 8.67. The maximum absolute atomic E-state index is 12.1. The van der Waals surface area contributed by atoms with Gasteiger partial charge in [0.05, 0.1) is 0 Å². The lowest BCUT2D eigenvalue weighted by molar-refractivity contribution is 0.233. The van der Waals surface area contributed by atoms with Gasteiger partial charge in [0.25, 0.3) is 5.24 Å². The highest BCUT2D eigenvalue weighted by molar-refractivity contribution is 8.13. The molecule has 0 aliphatic heterocycles. The Hall–Kier alpha value is -1.14. The first-order valence-corrected chi connectivity index (χ1v) is 7.25. The van der Waals surface area contributed by atoms with Crippen LogP contribution in [-0.4, -0.2) is 32.6 Å². The molecule has 0 aromatic carbocycles. The van der Waals surface area contributed by atoms with Gasteiger partial charge >= 0.3 is 0 Å². The maximum Gasteiger partial charge on any atom is 0.290 e. The molecule has 18 heavy (non-hydrogen) atoms. The highest BCUT2D eigenvalue weighted by Gasteiger charge is 2.15. The molecule has 0 spiro atoms. The number of nitrogens with zero attached hydrogens (tertiary/aromatic N) is 3. The molecule has 0 bridgehead atoms. The van der Waals surface area contributed by atoms with Crippen molar-refractivity contribution in [1.82, 2.24) is 14.3 Å². The zero-order valence-electron chi connectivity index (χ0n) is 10.8. The zero-order valence-corrected chi connectivity index (χ0v) is 12.4. The van der Waals surface area contributed by atoms with E-state index in [1.807, 2.05) is 45.1 Å². The van der Waals surface area contributed by atoms with Crippen LogP contribution in [0, 0.1) is 6.92 Å². The van der Waals surface area contributed by atoms with Gasteiger partial charge in [0.2, 0.25) is 5.16 Å². The Balaban J connectivity index is 2.62. The van der Waals surface area contributed by atoms with Gasteiger partial charge < -0.3 is 4.90 Å². The molecule has 0 unspecified atom stereocenters. The average Bonchev–Trinajstić information content (AvgIpc) is 2.75. The van der Waals surface area contributed by atoms with Crippen molar-refractivity contribution in [2.75, 3.05) is 13.1 Å². The molecular weight excluding hydrogens is 266 g/mol. The van der Waals surface area contributed by atoms with Crippen molar-refractivity contribution in [2.45, 2.75) is 25.9 Å². The van der Waals surface area contributed by atoms with E-state index in [0.717, 1.165) is 16.8 Å². The van der Waals surface area contributed by atoms with Crippen LogP contribution < -0.4 is 0 Å². The summed E-state index contributed by atoms with van der Waals surface area (Å²) in [6.45, 7) is 6.98. The van der Waals surface area contributed by atoms with Crippen LogP contribution in [-0.2, 0) is 0 Å². The molecule has 0 saturated carbocycles. The van der Waals surface area contributed by atoms with E-state index >= 15 is 0 Å². The number of hydrogen-bond donors (Lipinski definition) is 0. The normalized spacial score (nSPS) is 11.5. The summed E-state index contributed by atoms with van der Waals surface area (Å²) in [5.74, 6) is 0. The van der Waals surface area contributed by atoms with Crippen LogP contribution in [0.1, 0.15) is 18.9 Å². The molecule has 0 aliphatic rings. The molecular formula is C12H17N3OS2. The number of amides is 1. The van der Waals surface area contributed by atoms with Gasteiger partial charge in [-0.05, 0) is 32.3 Å². The number of hydrogen-bond acceptors (Lipinski definition) is 5. The number of aromatic nitrogens is 2. The third-order valence-electron chi connectivity index (χ3n) is 2.07. The van der Waals surface area contributed by atoms with E-state index in [-0.39, 0.29) is 5.24 Å². The molecule has 1 rings (SSSR count). The molecule has 0 saturated heterocycles. The fraction of sp³-hybridized carbons (Fsp3) is 0.417. The summed E-state index contributed by atoms with van der Waals surface area (Å²) >= 11 is 2.39. The van der Waals surface area contributed by atoms with Gasteiger partial charge in [0.15, 0.2) is 0 Å².